The zero-order valence-corrected chi connectivity index (χ0v) is 11.1. The van der Waals surface area contributed by atoms with Crippen LogP contribution in [0.15, 0.2) is 18.3 Å². The molecule has 0 spiro atoms. The zero-order valence-electron chi connectivity index (χ0n) is 11.1. The number of nitriles is 1. The molecule has 1 aliphatic rings. The van der Waals surface area contributed by atoms with Crippen molar-refractivity contribution in [3.8, 4) is 6.07 Å². The third-order valence-corrected chi connectivity index (χ3v) is 3.23. The van der Waals surface area contributed by atoms with E-state index in [2.05, 4.69) is 10.3 Å². The van der Waals surface area contributed by atoms with E-state index < -0.39 is 0 Å². The molecule has 1 aliphatic heterocycles. The number of piperidine rings is 1. The molecule has 1 N–H and O–H groups in total. The highest BCUT2D eigenvalue weighted by atomic mass is 16.2. The first-order valence-corrected chi connectivity index (χ1v) is 6.63. The Bertz CT molecular complexity index is 533. The predicted octanol–water partition coefficient (Wildman–Crippen LogP) is 0.696. The van der Waals surface area contributed by atoms with Gasteiger partial charge in [0.05, 0.1) is 5.56 Å². The molecule has 6 nitrogen and oxygen atoms in total. The molecule has 0 aromatic carbocycles. The molecule has 0 radical (unpaired) electrons. The van der Waals surface area contributed by atoms with Crippen molar-refractivity contribution in [1.29, 1.82) is 5.26 Å². The molecule has 2 heterocycles. The summed E-state index contributed by atoms with van der Waals surface area (Å²) in [5.74, 6) is -0.0861. The van der Waals surface area contributed by atoms with Crippen LogP contribution in [0, 0.1) is 11.3 Å². The van der Waals surface area contributed by atoms with E-state index in [4.69, 9.17) is 5.26 Å². The van der Waals surface area contributed by atoms with E-state index in [1.54, 1.807) is 11.0 Å². The van der Waals surface area contributed by atoms with Gasteiger partial charge in [-0.05, 0) is 25.0 Å². The Morgan fingerprint density at radius 3 is 2.95 bits per heavy atom. The quantitative estimate of drug-likeness (QED) is 0.874. The maximum atomic E-state index is 11.8. The maximum absolute atomic E-state index is 11.8. The van der Waals surface area contributed by atoms with Gasteiger partial charge in [-0.25, -0.2) is 4.98 Å². The van der Waals surface area contributed by atoms with E-state index in [-0.39, 0.29) is 17.5 Å². The lowest BCUT2D eigenvalue weighted by molar-refractivity contribution is -0.133. The summed E-state index contributed by atoms with van der Waals surface area (Å²) >= 11 is 0. The van der Waals surface area contributed by atoms with Crippen LogP contribution in [0.3, 0.4) is 0 Å². The van der Waals surface area contributed by atoms with E-state index in [1.165, 1.54) is 12.3 Å². The summed E-state index contributed by atoms with van der Waals surface area (Å²) in [5.41, 5.74) is 0.689. The molecule has 1 aromatic rings. The summed E-state index contributed by atoms with van der Waals surface area (Å²) in [4.78, 5) is 29.0. The van der Waals surface area contributed by atoms with Gasteiger partial charge in [0, 0.05) is 32.3 Å². The number of pyridine rings is 1. The number of nitrogens with zero attached hydrogens (tertiary/aromatic N) is 3. The van der Waals surface area contributed by atoms with Crippen molar-refractivity contribution >= 4 is 11.8 Å². The fourth-order valence-electron chi connectivity index (χ4n) is 2.10. The Morgan fingerprint density at radius 2 is 2.30 bits per heavy atom. The molecule has 0 atom stereocenters. The van der Waals surface area contributed by atoms with Crippen LogP contribution in [0.1, 0.15) is 35.3 Å². The number of nitrogens with one attached hydrogen (secondary N) is 1. The highest BCUT2D eigenvalue weighted by Gasteiger charge is 2.17. The van der Waals surface area contributed by atoms with Crippen LogP contribution < -0.4 is 5.32 Å². The Morgan fingerprint density at radius 1 is 1.45 bits per heavy atom. The molecule has 1 aromatic heterocycles. The Kier molecular flexibility index (Phi) is 4.66. The highest BCUT2D eigenvalue weighted by molar-refractivity contribution is 5.93. The molecule has 0 saturated carbocycles. The number of carbonyl (C=O) groups is 2. The van der Waals surface area contributed by atoms with Crippen LogP contribution in [0.4, 0.5) is 0 Å². The first-order valence-electron chi connectivity index (χ1n) is 6.63. The summed E-state index contributed by atoms with van der Waals surface area (Å²) in [6, 6.07) is 4.96. The summed E-state index contributed by atoms with van der Waals surface area (Å²) in [6.45, 7) is 1.73. The zero-order chi connectivity index (χ0) is 14.4. The summed E-state index contributed by atoms with van der Waals surface area (Å²) in [5, 5.41) is 11.4. The minimum absolute atomic E-state index is 0.158. The molecule has 20 heavy (non-hydrogen) atoms. The van der Waals surface area contributed by atoms with Crippen LogP contribution in [0.25, 0.3) is 0 Å². The molecule has 1 saturated heterocycles. The van der Waals surface area contributed by atoms with Gasteiger partial charge in [0.25, 0.3) is 5.91 Å². The maximum Gasteiger partial charge on any atom is 0.252 e. The van der Waals surface area contributed by atoms with Crippen molar-refractivity contribution in [3.63, 3.8) is 0 Å². The standard InChI is InChI=1S/C14H16N4O2/c15-9-12-5-4-11(10-17-12)14(20)16-6-8-18-7-2-1-3-13(18)19/h4-5,10H,1-3,6-8H2,(H,16,20). The minimum atomic E-state index is -0.244. The van der Waals surface area contributed by atoms with Crippen LogP contribution in [0.5, 0.6) is 0 Å². The summed E-state index contributed by atoms with van der Waals surface area (Å²) in [6.07, 6.45) is 3.96. The molecule has 0 unspecified atom stereocenters. The van der Waals surface area contributed by atoms with E-state index in [0.717, 1.165) is 19.4 Å². The second-order valence-electron chi connectivity index (χ2n) is 4.64. The smallest absolute Gasteiger partial charge is 0.252 e. The largest absolute Gasteiger partial charge is 0.350 e. The first kappa shape index (κ1) is 14.0. The van der Waals surface area contributed by atoms with Crippen molar-refractivity contribution in [3.05, 3.63) is 29.6 Å². The lowest BCUT2D eigenvalue weighted by Crippen LogP contribution is -2.41. The monoisotopic (exact) mass is 272 g/mol. The number of hydrogen-bond donors (Lipinski definition) is 1. The minimum Gasteiger partial charge on any atom is -0.350 e. The fraction of sp³-hybridized carbons (Fsp3) is 0.429. The van der Waals surface area contributed by atoms with Crippen molar-refractivity contribution in [1.82, 2.24) is 15.2 Å². The molecule has 104 valence electrons. The highest BCUT2D eigenvalue weighted by Crippen LogP contribution is 2.09. The van der Waals surface area contributed by atoms with Gasteiger partial charge in [0.15, 0.2) is 0 Å². The van der Waals surface area contributed by atoms with Crippen molar-refractivity contribution < 1.29 is 9.59 Å². The van der Waals surface area contributed by atoms with Crippen LogP contribution in [-0.2, 0) is 4.79 Å². The average molecular weight is 272 g/mol. The Balaban J connectivity index is 1.79. The molecular weight excluding hydrogens is 256 g/mol. The number of likely N-dealkylation sites (tertiary alicyclic amines) is 1. The summed E-state index contributed by atoms with van der Waals surface area (Å²) < 4.78 is 0. The Labute approximate surface area is 117 Å². The third-order valence-electron chi connectivity index (χ3n) is 3.23. The SMILES string of the molecule is N#Cc1ccc(C(=O)NCCN2CCCCC2=O)cn1. The average Bonchev–Trinajstić information content (AvgIpc) is 2.49. The molecule has 6 heteroatoms. The third kappa shape index (κ3) is 3.54. The van der Waals surface area contributed by atoms with Gasteiger partial charge in [0.2, 0.25) is 5.91 Å². The first-order chi connectivity index (χ1) is 9.70. The fourth-order valence-corrected chi connectivity index (χ4v) is 2.10. The van der Waals surface area contributed by atoms with Crippen molar-refractivity contribution in [2.75, 3.05) is 19.6 Å². The van der Waals surface area contributed by atoms with E-state index in [9.17, 15) is 9.59 Å². The van der Waals surface area contributed by atoms with E-state index >= 15 is 0 Å². The summed E-state index contributed by atoms with van der Waals surface area (Å²) in [7, 11) is 0. The lowest BCUT2D eigenvalue weighted by Gasteiger charge is -2.26. The van der Waals surface area contributed by atoms with Crippen LogP contribution in [0.2, 0.25) is 0 Å². The van der Waals surface area contributed by atoms with Crippen molar-refractivity contribution in [2.45, 2.75) is 19.3 Å². The van der Waals surface area contributed by atoms with Gasteiger partial charge in [-0.1, -0.05) is 0 Å². The second-order valence-corrected chi connectivity index (χ2v) is 4.64. The number of hydrogen-bond acceptors (Lipinski definition) is 4. The Hall–Kier alpha value is -2.42. The number of rotatable bonds is 4. The van der Waals surface area contributed by atoms with Gasteiger partial charge >= 0.3 is 0 Å². The normalized spacial score (nSPS) is 14.8. The molecule has 1 fully saturated rings. The van der Waals surface area contributed by atoms with Crippen LogP contribution >= 0.6 is 0 Å². The topological polar surface area (TPSA) is 86.1 Å². The van der Waals surface area contributed by atoms with Gasteiger partial charge in [-0.3, -0.25) is 9.59 Å². The molecule has 2 amide bonds. The number of carbonyl (C=O) groups excluding carboxylic acids is 2. The van der Waals surface area contributed by atoms with E-state index in [0.29, 0.717) is 25.1 Å². The molecule has 2 rings (SSSR count). The molecule has 0 aliphatic carbocycles. The van der Waals surface area contributed by atoms with E-state index in [1.807, 2.05) is 6.07 Å². The van der Waals surface area contributed by atoms with Gasteiger partial charge in [0.1, 0.15) is 11.8 Å². The van der Waals surface area contributed by atoms with Crippen molar-refractivity contribution in [2.24, 2.45) is 0 Å². The van der Waals surface area contributed by atoms with Crippen LogP contribution in [-0.4, -0.2) is 41.3 Å². The number of aromatic nitrogens is 1. The predicted molar refractivity (Wildman–Crippen MR) is 71.7 cm³/mol. The molecule has 0 bridgehead atoms. The van der Waals surface area contributed by atoms with Gasteiger partial charge < -0.3 is 10.2 Å². The van der Waals surface area contributed by atoms with Gasteiger partial charge in [-0.15, -0.1) is 0 Å². The number of amides is 2. The molecular formula is C14H16N4O2. The second kappa shape index (κ2) is 6.66. The lowest BCUT2D eigenvalue weighted by atomic mass is 10.1. The van der Waals surface area contributed by atoms with Gasteiger partial charge in [-0.2, -0.15) is 5.26 Å².